The lowest BCUT2D eigenvalue weighted by atomic mass is 9.99. The van der Waals surface area contributed by atoms with Gasteiger partial charge in [0.15, 0.2) is 0 Å². The Hall–Kier alpha value is -4.48. The van der Waals surface area contributed by atoms with Crippen LogP contribution in [0.3, 0.4) is 0 Å². The van der Waals surface area contributed by atoms with Crippen molar-refractivity contribution in [1.29, 1.82) is 0 Å². The number of oxime groups is 1. The number of halogens is 1. The van der Waals surface area contributed by atoms with Gasteiger partial charge in [-0.1, -0.05) is 47.6 Å². The predicted molar refractivity (Wildman–Crippen MR) is 160 cm³/mol. The lowest BCUT2D eigenvalue weighted by Crippen LogP contribution is -2.56. The molecule has 3 aromatic rings. The summed E-state index contributed by atoms with van der Waals surface area (Å²) in [6.45, 7) is 1.24. The molecule has 5 rings (SSSR count). The molecule has 2 fully saturated rings. The van der Waals surface area contributed by atoms with E-state index < -0.39 is 11.0 Å². The maximum Gasteiger partial charge on any atom is 0.437 e. The Morgan fingerprint density at radius 3 is 2.31 bits per heavy atom. The van der Waals surface area contributed by atoms with Gasteiger partial charge >= 0.3 is 6.09 Å². The number of nitrogens with one attached hydrogen (secondary N) is 1. The van der Waals surface area contributed by atoms with Crippen molar-refractivity contribution in [3.8, 4) is 5.75 Å². The average Bonchev–Trinajstić information content (AvgIpc) is 3.26. The van der Waals surface area contributed by atoms with E-state index in [0.717, 1.165) is 18.4 Å². The Balaban J connectivity index is 0.00000405. The molecule has 42 heavy (non-hydrogen) atoms. The number of carbonyl (C=O) groups is 2. The monoisotopic (exact) mass is 593 g/mol. The lowest BCUT2D eigenvalue weighted by molar-refractivity contribution is -0.385. The number of anilines is 1. The Kier molecular flexibility index (Phi) is 10.1. The number of rotatable bonds is 9. The van der Waals surface area contributed by atoms with Crippen molar-refractivity contribution in [3.05, 3.63) is 100 Å². The largest absolute Gasteiger partial charge is 0.497 e. The van der Waals surface area contributed by atoms with Gasteiger partial charge in [0.25, 0.3) is 11.6 Å². The molecular weight excluding hydrogens is 562 g/mol. The van der Waals surface area contributed by atoms with Crippen LogP contribution in [0.15, 0.2) is 84.0 Å². The molecule has 0 saturated carbocycles. The number of methoxy groups -OCH3 is 1. The number of hydrogen-bond acceptors (Lipinski definition) is 8. The summed E-state index contributed by atoms with van der Waals surface area (Å²) < 4.78 is 5.12. The summed E-state index contributed by atoms with van der Waals surface area (Å²) in [6.07, 6.45) is 3.02. The van der Waals surface area contributed by atoms with Crippen LogP contribution in [0, 0.1) is 10.1 Å². The number of hydrogen-bond donors (Lipinski definition) is 1. The number of nitro benzene ring substituents is 1. The molecule has 2 aliphatic rings. The molecule has 0 aromatic heterocycles. The summed E-state index contributed by atoms with van der Waals surface area (Å²) in [5, 5.41) is 18.1. The zero-order chi connectivity index (χ0) is 28.8. The second-order valence-electron chi connectivity index (χ2n) is 10.0. The van der Waals surface area contributed by atoms with Crippen molar-refractivity contribution in [3.63, 3.8) is 0 Å². The first-order chi connectivity index (χ1) is 19.9. The van der Waals surface area contributed by atoms with Crippen LogP contribution in [-0.4, -0.2) is 65.2 Å². The number of nitrogens with zero attached hydrogens (tertiary/aromatic N) is 4. The fraction of sp³-hybridized carbons (Fsp3) is 0.300. The van der Waals surface area contributed by atoms with Gasteiger partial charge in [0, 0.05) is 55.6 Å². The van der Waals surface area contributed by atoms with E-state index in [2.05, 4.69) is 15.4 Å². The fourth-order valence-electron chi connectivity index (χ4n) is 5.69. The maximum absolute atomic E-state index is 13.5. The maximum atomic E-state index is 13.5. The summed E-state index contributed by atoms with van der Waals surface area (Å²) >= 11 is 0. The minimum atomic E-state index is -0.706. The molecule has 3 atom stereocenters. The first-order valence-electron chi connectivity index (χ1n) is 13.4. The normalized spacial score (nSPS) is 18.6. The van der Waals surface area contributed by atoms with E-state index in [-0.39, 0.29) is 47.7 Å². The van der Waals surface area contributed by atoms with E-state index in [4.69, 9.17) is 9.57 Å². The van der Waals surface area contributed by atoms with Crippen LogP contribution in [0.4, 0.5) is 16.2 Å². The number of carbonyl (C=O) groups excluding carboxylic acids is 2. The van der Waals surface area contributed by atoms with Crippen molar-refractivity contribution < 1.29 is 24.1 Å². The predicted octanol–water partition coefficient (Wildman–Crippen LogP) is 5.68. The third-order valence-electron chi connectivity index (χ3n) is 7.58. The molecule has 220 valence electrons. The SMILES string of the molecule is COc1ccc(NC(=O)O/N=C/CC(c2ccccc2)N2CC3CCC(C2)N3C(=O)c2ccccc2[N+](=O)[O-])cc1.Cl. The van der Waals surface area contributed by atoms with Crippen molar-refractivity contribution in [2.45, 2.75) is 37.4 Å². The summed E-state index contributed by atoms with van der Waals surface area (Å²) in [6, 6.07) is 22.8. The number of fused-ring (bicyclic) bond motifs is 2. The molecule has 2 heterocycles. The van der Waals surface area contributed by atoms with Gasteiger partial charge < -0.3 is 9.64 Å². The number of para-hydroxylation sites is 1. The molecule has 2 bridgehead atoms. The van der Waals surface area contributed by atoms with Crippen LogP contribution in [0.25, 0.3) is 0 Å². The van der Waals surface area contributed by atoms with Gasteiger partial charge in [0.05, 0.1) is 12.0 Å². The summed E-state index contributed by atoms with van der Waals surface area (Å²) in [5.41, 5.74) is 1.59. The number of benzene rings is 3. The minimum Gasteiger partial charge on any atom is -0.497 e. The number of piperazine rings is 1. The van der Waals surface area contributed by atoms with E-state index in [1.807, 2.05) is 35.2 Å². The van der Waals surface area contributed by atoms with Gasteiger partial charge in [0.1, 0.15) is 11.3 Å². The molecule has 3 aromatic carbocycles. The highest BCUT2D eigenvalue weighted by molar-refractivity contribution is 5.98. The Labute approximate surface area is 249 Å². The van der Waals surface area contributed by atoms with Gasteiger partial charge in [-0.2, -0.15) is 0 Å². The van der Waals surface area contributed by atoms with Gasteiger partial charge in [-0.15, -0.1) is 12.4 Å². The van der Waals surface area contributed by atoms with Crippen LogP contribution < -0.4 is 10.1 Å². The van der Waals surface area contributed by atoms with E-state index in [1.54, 1.807) is 49.7 Å². The molecule has 3 unspecified atom stereocenters. The second kappa shape index (κ2) is 13.9. The van der Waals surface area contributed by atoms with Crippen LogP contribution in [0.2, 0.25) is 0 Å². The third kappa shape index (κ3) is 6.87. The summed E-state index contributed by atoms with van der Waals surface area (Å²) in [4.78, 5) is 45.9. The molecule has 0 aliphatic carbocycles. The zero-order valence-electron chi connectivity index (χ0n) is 23.0. The Morgan fingerprint density at radius 2 is 1.67 bits per heavy atom. The van der Waals surface area contributed by atoms with Gasteiger partial charge in [-0.05, 0) is 48.7 Å². The van der Waals surface area contributed by atoms with E-state index in [9.17, 15) is 19.7 Å². The minimum absolute atomic E-state index is 0. The highest BCUT2D eigenvalue weighted by Crippen LogP contribution is 2.37. The molecule has 0 spiro atoms. The van der Waals surface area contributed by atoms with Crippen molar-refractivity contribution in [1.82, 2.24) is 9.80 Å². The summed E-state index contributed by atoms with van der Waals surface area (Å²) in [7, 11) is 1.57. The number of ether oxygens (including phenoxy) is 1. The first-order valence-corrected chi connectivity index (χ1v) is 13.4. The van der Waals surface area contributed by atoms with Crippen molar-refractivity contribution in [2.75, 3.05) is 25.5 Å². The molecule has 11 nitrogen and oxygen atoms in total. The Morgan fingerprint density at radius 1 is 1.02 bits per heavy atom. The molecule has 1 N–H and O–H groups in total. The highest BCUT2D eigenvalue weighted by atomic mass is 35.5. The standard InChI is InChI=1S/C30H31N5O6.ClH/c1-40-25-15-11-22(12-16-25)32-30(37)41-31-18-17-27(21-7-3-2-4-8-21)33-19-23-13-14-24(20-33)34(23)29(36)26-9-5-6-10-28(26)35(38)39;/h2-12,15-16,18,23-24,27H,13-14,17,19-20H2,1H3,(H,32,37);1H/b31-18+;. The zero-order valence-corrected chi connectivity index (χ0v) is 23.8. The van der Waals surface area contributed by atoms with Crippen molar-refractivity contribution in [2.24, 2.45) is 5.16 Å². The van der Waals surface area contributed by atoms with E-state index in [0.29, 0.717) is 30.9 Å². The van der Waals surface area contributed by atoms with Gasteiger partial charge in [-0.3, -0.25) is 30.0 Å². The molecular formula is C30H32ClN5O6. The van der Waals surface area contributed by atoms with Crippen LogP contribution in [0.1, 0.15) is 41.2 Å². The third-order valence-corrected chi connectivity index (χ3v) is 7.58. The van der Waals surface area contributed by atoms with Crippen LogP contribution in [-0.2, 0) is 4.84 Å². The number of likely N-dealkylation sites (tertiary alicyclic amines) is 1. The topological polar surface area (TPSA) is 127 Å². The number of amides is 2. The smallest absolute Gasteiger partial charge is 0.437 e. The molecule has 2 aliphatic heterocycles. The Bertz CT molecular complexity index is 1410. The lowest BCUT2D eigenvalue weighted by Gasteiger charge is -2.44. The molecule has 2 amide bonds. The summed E-state index contributed by atoms with van der Waals surface area (Å²) in [5.74, 6) is 0.382. The number of nitro groups is 1. The molecule has 12 heteroatoms. The molecule has 0 radical (unpaired) electrons. The quantitative estimate of drug-likeness (QED) is 0.146. The van der Waals surface area contributed by atoms with Crippen LogP contribution in [0.5, 0.6) is 5.75 Å². The van der Waals surface area contributed by atoms with Crippen LogP contribution >= 0.6 is 12.4 Å². The second-order valence-corrected chi connectivity index (χ2v) is 10.0. The highest BCUT2D eigenvalue weighted by Gasteiger charge is 2.45. The molecule has 2 saturated heterocycles. The van der Waals surface area contributed by atoms with E-state index >= 15 is 0 Å². The van der Waals surface area contributed by atoms with Crippen molar-refractivity contribution >= 4 is 42.0 Å². The van der Waals surface area contributed by atoms with Gasteiger partial charge in [0.2, 0.25) is 0 Å². The average molecular weight is 594 g/mol. The van der Waals surface area contributed by atoms with Gasteiger partial charge in [-0.25, -0.2) is 4.79 Å². The fourth-order valence-corrected chi connectivity index (χ4v) is 5.69. The van der Waals surface area contributed by atoms with E-state index in [1.165, 1.54) is 12.1 Å². The first kappa shape index (κ1) is 30.5.